The molecule has 1 aliphatic heterocycles. The van der Waals surface area contributed by atoms with Crippen LogP contribution in [0.3, 0.4) is 0 Å². The Hall–Kier alpha value is -1.60. The predicted molar refractivity (Wildman–Crippen MR) is 87.4 cm³/mol. The van der Waals surface area contributed by atoms with Crippen molar-refractivity contribution in [1.29, 1.82) is 0 Å². The SMILES string of the molecule is Cc1ccc(C(=O)N2N=C3CCCCC[C@H]3[C@]2(O)C(F)(F)F)cc1Cl. The van der Waals surface area contributed by atoms with Gasteiger partial charge in [-0.3, -0.25) is 4.79 Å². The summed E-state index contributed by atoms with van der Waals surface area (Å²) < 4.78 is 41.3. The molecule has 1 aromatic rings. The molecule has 3 rings (SSSR count). The number of carbonyl (C=O) groups excluding carboxylic acids is 1. The normalized spacial score (nSPS) is 26.9. The number of fused-ring (bicyclic) bond motifs is 1. The summed E-state index contributed by atoms with van der Waals surface area (Å²) in [5.41, 5.74) is -2.42. The quantitative estimate of drug-likeness (QED) is 0.797. The third kappa shape index (κ3) is 2.93. The van der Waals surface area contributed by atoms with Crippen LogP contribution in [0.5, 0.6) is 0 Å². The molecular weight excluding hydrogens is 357 g/mol. The van der Waals surface area contributed by atoms with Gasteiger partial charge in [-0.15, -0.1) is 0 Å². The first kappa shape index (κ1) is 18.2. The van der Waals surface area contributed by atoms with Gasteiger partial charge in [-0.25, -0.2) is 0 Å². The Kier molecular flexibility index (Phi) is 4.58. The maximum Gasteiger partial charge on any atom is 0.439 e. The Morgan fingerprint density at radius 2 is 2.08 bits per heavy atom. The molecule has 0 radical (unpaired) electrons. The summed E-state index contributed by atoms with van der Waals surface area (Å²) in [4.78, 5) is 12.7. The van der Waals surface area contributed by atoms with Gasteiger partial charge >= 0.3 is 6.18 Å². The molecule has 4 nitrogen and oxygen atoms in total. The van der Waals surface area contributed by atoms with Crippen molar-refractivity contribution in [2.45, 2.75) is 50.9 Å². The third-order valence-corrected chi connectivity index (χ3v) is 5.30. The van der Waals surface area contributed by atoms with Crippen LogP contribution < -0.4 is 0 Å². The fraction of sp³-hybridized carbons (Fsp3) is 0.529. The van der Waals surface area contributed by atoms with E-state index >= 15 is 0 Å². The number of nitrogens with zero attached hydrogens (tertiary/aromatic N) is 2. The minimum absolute atomic E-state index is 0.0425. The highest BCUT2D eigenvalue weighted by Crippen LogP contribution is 2.48. The van der Waals surface area contributed by atoms with Crippen molar-refractivity contribution in [2.75, 3.05) is 0 Å². The molecule has 1 heterocycles. The van der Waals surface area contributed by atoms with Crippen LogP contribution in [0, 0.1) is 12.8 Å². The number of hydrazone groups is 1. The summed E-state index contributed by atoms with van der Waals surface area (Å²) in [6.07, 6.45) is -2.49. The number of amides is 1. The van der Waals surface area contributed by atoms with E-state index in [0.29, 0.717) is 24.8 Å². The molecule has 136 valence electrons. The van der Waals surface area contributed by atoms with Gasteiger partial charge in [0.25, 0.3) is 11.6 Å². The molecular formula is C17H18ClF3N2O2. The van der Waals surface area contributed by atoms with Crippen molar-refractivity contribution in [1.82, 2.24) is 5.01 Å². The molecule has 1 amide bonds. The first-order chi connectivity index (χ1) is 11.7. The molecule has 0 saturated heterocycles. The minimum Gasteiger partial charge on any atom is -0.362 e. The number of alkyl halides is 3. The van der Waals surface area contributed by atoms with Gasteiger partial charge in [-0.05, 0) is 43.9 Å². The van der Waals surface area contributed by atoms with Crippen LogP contribution in [0.1, 0.15) is 48.0 Å². The molecule has 8 heteroatoms. The van der Waals surface area contributed by atoms with Crippen LogP contribution >= 0.6 is 11.6 Å². The van der Waals surface area contributed by atoms with Gasteiger partial charge < -0.3 is 5.11 Å². The van der Waals surface area contributed by atoms with Gasteiger partial charge in [0.1, 0.15) is 0 Å². The predicted octanol–water partition coefficient (Wildman–Crippen LogP) is 4.29. The molecule has 1 saturated carbocycles. The first-order valence-corrected chi connectivity index (χ1v) is 8.51. The van der Waals surface area contributed by atoms with Gasteiger partial charge in [0.15, 0.2) is 0 Å². The summed E-state index contributed by atoms with van der Waals surface area (Å²) in [6.45, 7) is 1.72. The molecule has 2 aliphatic rings. The van der Waals surface area contributed by atoms with Gasteiger partial charge in [0.05, 0.1) is 5.92 Å². The standard InChI is InChI=1S/C17H18ClF3N2O2/c1-10-7-8-11(9-13(10)18)15(24)23-16(25,17(19,20)21)12-5-3-2-4-6-14(12)22-23/h7-9,12,25H,2-6H2,1H3/t12-,16+/m1/s1. The largest absolute Gasteiger partial charge is 0.439 e. The lowest BCUT2D eigenvalue weighted by molar-refractivity contribution is -0.312. The average molecular weight is 375 g/mol. The monoisotopic (exact) mass is 374 g/mol. The number of hydrogen-bond donors (Lipinski definition) is 1. The zero-order chi connectivity index (χ0) is 18.4. The van der Waals surface area contributed by atoms with Crippen LogP contribution in [0.15, 0.2) is 23.3 Å². The van der Waals surface area contributed by atoms with Gasteiger partial charge in [-0.1, -0.05) is 30.5 Å². The van der Waals surface area contributed by atoms with Crippen LogP contribution in [-0.2, 0) is 0 Å². The molecule has 1 fully saturated rings. The summed E-state index contributed by atoms with van der Waals surface area (Å²) in [6, 6.07) is 4.22. The fourth-order valence-corrected chi connectivity index (χ4v) is 3.62. The molecule has 0 spiro atoms. The number of aryl methyl sites for hydroxylation is 1. The molecule has 0 bridgehead atoms. The lowest BCUT2D eigenvalue weighted by atomic mass is 9.87. The van der Waals surface area contributed by atoms with Gasteiger partial charge in [-0.2, -0.15) is 23.3 Å². The zero-order valence-corrected chi connectivity index (χ0v) is 14.4. The lowest BCUT2D eigenvalue weighted by Crippen LogP contribution is -2.61. The van der Waals surface area contributed by atoms with E-state index in [0.717, 1.165) is 6.42 Å². The van der Waals surface area contributed by atoms with Crippen molar-refractivity contribution in [3.05, 3.63) is 34.3 Å². The number of halogens is 4. The van der Waals surface area contributed by atoms with Crippen LogP contribution in [-0.4, -0.2) is 33.6 Å². The molecule has 0 aromatic heterocycles. The Morgan fingerprint density at radius 1 is 1.36 bits per heavy atom. The highest BCUT2D eigenvalue weighted by atomic mass is 35.5. The smallest absolute Gasteiger partial charge is 0.362 e. The summed E-state index contributed by atoms with van der Waals surface area (Å²) in [5, 5.41) is 15.0. The second-order valence-corrected chi connectivity index (χ2v) is 6.96. The van der Waals surface area contributed by atoms with Crippen LogP contribution in [0.25, 0.3) is 0 Å². The van der Waals surface area contributed by atoms with Crippen molar-refractivity contribution >= 4 is 23.2 Å². The number of hydrogen-bond acceptors (Lipinski definition) is 3. The maximum atomic E-state index is 13.8. The van der Waals surface area contributed by atoms with Crippen molar-refractivity contribution < 1.29 is 23.1 Å². The van der Waals surface area contributed by atoms with Crippen molar-refractivity contribution in [3.8, 4) is 0 Å². The lowest BCUT2D eigenvalue weighted by Gasteiger charge is -2.37. The number of carbonyl (C=O) groups is 1. The Balaban J connectivity index is 2.05. The molecule has 25 heavy (non-hydrogen) atoms. The van der Waals surface area contributed by atoms with E-state index in [-0.39, 0.29) is 27.7 Å². The Labute approximate surface area is 148 Å². The van der Waals surface area contributed by atoms with E-state index in [2.05, 4.69) is 5.10 Å². The first-order valence-electron chi connectivity index (χ1n) is 8.13. The number of aliphatic hydroxyl groups is 1. The third-order valence-electron chi connectivity index (χ3n) is 4.89. The second-order valence-electron chi connectivity index (χ2n) is 6.55. The Bertz CT molecular complexity index is 735. The molecule has 2 atom stereocenters. The molecule has 1 aromatic carbocycles. The molecule has 0 unspecified atom stereocenters. The Morgan fingerprint density at radius 3 is 2.72 bits per heavy atom. The topological polar surface area (TPSA) is 52.9 Å². The summed E-state index contributed by atoms with van der Waals surface area (Å²) in [7, 11) is 0. The molecule has 1 N–H and O–H groups in total. The maximum absolute atomic E-state index is 13.8. The average Bonchev–Trinajstić information content (AvgIpc) is 2.70. The number of benzene rings is 1. The van der Waals surface area contributed by atoms with E-state index in [1.165, 1.54) is 12.1 Å². The van der Waals surface area contributed by atoms with Gasteiger partial charge in [0, 0.05) is 16.3 Å². The summed E-state index contributed by atoms with van der Waals surface area (Å²) >= 11 is 5.98. The molecule has 1 aliphatic carbocycles. The van der Waals surface area contributed by atoms with Crippen molar-refractivity contribution in [2.24, 2.45) is 11.0 Å². The summed E-state index contributed by atoms with van der Waals surface area (Å²) in [5.74, 6) is -2.23. The van der Waals surface area contributed by atoms with Crippen molar-refractivity contribution in [3.63, 3.8) is 0 Å². The highest BCUT2D eigenvalue weighted by Gasteiger charge is 2.68. The minimum atomic E-state index is -5.02. The van der Waals surface area contributed by atoms with E-state index in [1.807, 2.05) is 0 Å². The number of rotatable bonds is 1. The van der Waals surface area contributed by atoms with Crippen LogP contribution in [0.2, 0.25) is 5.02 Å². The van der Waals surface area contributed by atoms with Crippen LogP contribution in [0.4, 0.5) is 13.2 Å². The zero-order valence-electron chi connectivity index (χ0n) is 13.6. The van der Waals surface area contributed by atoms with E-state index in [9.17, 15) is 23.1 Å². The fourth-order valence-electron chi connectivity index (χ4n) is 3.44. The van der Waals surface area contributed by atoms with E-state index in [4.69, 9.17) is 11.6 Å². The highest BCUT2D eigenvalue weighted by molar-refractivity contribution is 6.31. The van der Waals surface area contributed by atoms with Gasteiger partial charge in [0.2, 0.25) is 0 Å². The van der Waals surface area contributed by atoms with E-state index < -0.39 is 23.7 Å². The second kappa shape index (κ2) is 6.29. The van der Waals surface area contributed by atoms with E-state index in [1.54, 1.807) is 13.0 Å².